The summed E-state index contributed by atoms with van der Waals surface area (Å²) >= 11 is 0. The van der Waals surface area contributed by atoms with Gasteiger partial charge in [-0.2, -0.15) is 0 Å². The van der Waals surface area contributed by atoms with Crippen LogP contribution in [0, 0.1) is 6.92 Å². The Bertz CT molecular complexity index is 1280. The number of H-pyrrole nitrogens is 1. The molecular weight excluding hydrogens is 470 g/mol. The quantitative estimate of drug-likeness (QED) is 0.244. The first kappa shape index (κ1) is 27.6. The maximum atomic E-state index is 12.6. The monoisotopic (exact) mass is 505 g/mol. The summed E-state index contributed by atoms with van der Waals surface area (Å²) in [5.74, 6) is 1.45. The molecule has 0 bridgehead atoms. The van der Waals surface area contributed by atoms with E-state index >= 15 is 0 Å². The van der Waals surface area contributed by atoms with E-state index in [1.54, 1.807) is 46.0 Å². The topological polar surface area (TPSA) is 119 Å². The number of nitrogens with zero attached hydrogens (tertiary/aromatic N) is 3. The summed E-state index contributed by atoms with van der Waals surface area (Å²) in [5.41, 5.74) is 2.60. The second-order valence-electron chi connectivity index (χ2n) is 9.69. The standard InChI is InChI=1S/C28H35N5O4/c1-19-23(14-13-21-10-7-6-8-11-21)26(34)33-24(30-19)12-9-17-36-25-18-22(15-16-29-25)31-20(2)32-27(35)37-28(3,4)5/h6-8,10-11,15-16,18H,9,12-14,17H2,1-5H3,(H,30,33,34)(H,29,31,32,35). The summed E-state index contributed by atoms with van der Waals surface area (Å²) < 4.78 is 11.0. The molecule has 0 aliphatic heterocycles. The molecule has 2 aromatic heterocycles. The molecule has 196 valence electrons. The number of amides is 1. The van der Waals surface area contributed by atoms with Crippen LogP contribution in [0.5, 0.6) is 5.88 Å². The first-order valence-corrected chi connectivity index (χ1v) is 12.4. The number of aliphatic imine (C=N–C) groups is 1. The molecule has 0 saturated carbocycles. The fourth-order valence-electron chi connectivity index (χ4n) is 3.63. The molecular formula is C28H35N5O4. The molecule has 2 heterocycles. The molecule has 3 rings (SSSR count). The minimum atomic E-state index is -0.590. The zero-order valence-corrected chi connectivity index (χ0v) is 22.1. The molecule has 37 heavy (non-hydrogen) atoms. The summed E-state index contributed by atoms with van der Waals surface area (Å²) in [6.07, 6.45) is 3.70. The highest BCUT2D eigenvalue weighted by atomic mass is 16.6. The van der Waals surface area contributed by atoms with Crippen LogP contribution in [0.2, 0.25) is 0 Å². The second kappa shape index (κ2) is 12.8. The van der Waals surface area contributed by atoms with E-state index < -0.39 is 11.7 Å². The number of aryl methyl sites for hydroxylation is 3. The van der Waals surface area contributed by atoms with Gasteiger partial charge in [0.25, 0.3) is 5.56 Å². The summed E-state index contributed by atoms with van der Waals surface area (Å²) in [6.45, 7) is 9.33. The maximum absolute atomic E-state index is 12.6. The lowest BCUT2D eigenvalue weighted by Crippen LogP contribution is -2.35. The van der Waals surface area contributed by atoms with E-state index in [1.807, 2.05) is 25.1 Å². The molecule has 0 atom stereocenters. The van der Waals surface area contributed by atoms with Crippen LogP contribution in [0.1, 0.15) is 56.8 Å². The third-order valence-electron chi connectivity index (χ3n) is 5.28. The molecule has 0 aliphatic carbocycles. The Balaban J connectivity index is 1.49. The molecule has 1 amide bonds. The number of rotatable bonds is 9. The molecule has 0 aliphatic rings. The van der Waals surface area contributed by atoms with Gasteiger partial charge in [-0.05, 0) is 65.5 Å². The van der Waals surface area contributed by atoms with Crippen molar-refractivity contribution in [2.24, 2.45) is 4.99 Å². The Morgan fingerprint density at radius 1 is 1.11 bits per heavy atom. The first-order chi connectivity index (χ1) is 17.6. The van der Waals surface area contributed by atoms with E-state index in [-0.39, 0.29) is 5.56 Å². The van der Waals surface area contributed by atoms with Crippen molar-refractivity contribution >= 4 is 17.6 Å². The maximum Gasteiger partial charge on any atom is 0.413 e. The number of hydrogen-bond acceptors (Lipinski definition) is 7. The Morgan fingerprint density at radius 3 is 2.57 bits per heavy atom. The molecule has 9 heteroatoms. The minimum Gasteiger partial charge on any atom is -0.478 e. The van der Waals surface area contributed by atoms with Gasteiger partial charge in [0.15, 0.2) is 0 Å². The summed E-state index contributed by atoms with van der Waals surface area (Å²) in [5, 5.41) is 2.60. The van der Waals surface area contributed by atoms with Gasteiger partial charge < -0.3 is 14.5 Å². The van der Waals surface area contributed by atoms with Crippen LogP contribution >= 0.6 is 0 Å². The zero-order chi connectivity index (χ0) is 26.8. The van der Waals surface area contributed by atoms with Crippen LogP contribution in [0.4, 0.5) is 10.5 Å². The van der Waals surface area contributed by atoms with E-state index in [2.05, 4.69) is 37.4 Å². The van der Waals surface area contributed by atoms with E-state index in [0.717, 1.165) is 17.7 Å². The fraction of sp³-hybridized carbons (Fsp3) is 0.393. The van der Waals surface area contributed by atoms with E-state index in [9.17, 15) is 9.59 Å². The average Bonchev–Trinajstić information content (AvgIpc) is 2.81. The van der Waals surface area contributed by atoms with Crippen molar-refractivity contribution in [2.45, 2.75) is 65.9 Å². The summed E-state index contributed by atoms with van der Waals surface area (Å²) in [6, 6.07) is 13.5. The Morgan fingerprint density at radius 2 is 1.86 bits per heavy atom. The van der Waals surface area contributed by atoms with E-state index in [0.29, 0.717) is 49.1 Å². The highest BCUT2D eigenvalue weighted by Crippen LogP contribution is 2.18. The van der Waals surface area contributed by atoms with Crippen molar-refractivity contribution in [3.05, 3.63) is 81.7 Å². The number of amidine groups is 1. The Labute approximate surface area is 217 Å². The molecule has 9 nitrogen and oxygen atoms in total. The number of hydrogen-bond donors (Lipinski definition) is 2. The lowest BCUT2D eigenvalue weighted by atomic mass is 10.0. The number of carbonyl (C=O) groups excluding carboxylic acids is 1. The normalized spacial score (nSPS) is 11.8. The number of ether oxygens (including phenoxy) is 2. The van der Waals surface area contributed by atoms with Crippen LogP contribution in [0.3, 0.4) is 0 Å². The number of nitrogens with one attached hydrogen (secondary N) is 2. The van der Waals surface area contributed by atoms with Gasteiger partial charge in [0.05, 0.1) is 12.3 Å². The zero-order valence-electron chi connectivity index (χ0n) is 22.1. The number of aromatic nitrogens is 3. The van der Waals surface area contributed by atoms with Crippen LogP contribution in [0.15, 0.2) is 58.4 Å². The highest BCUT2D eigenvalue weighted by Gasteiger charge is 2.16. The summed E-state index contributed by atoms with van der Waals surface area (Å²) in [4.78, 5) is 40.6. The van der Waals surface area contributed by atoms with Crippen LogP contribution < -0.4 is 15.6 Å². The van der Waals surface area contributed by atoms with Gasteiger partial charge >= 0.3 is 6.09 Å². The van der Waals surface area contributed by atoms with Crippen molar-refractivity contribution < 1.29 is 14.3 Å². The van der Waals surface area contributed by atoms with Crippen molar-refractivity contribution in [3.8, 4) is 5.88 Å². The van der Waals surface area contributed by atoms with Gasteiger partial charge in [-0.25, -0.2) is 19.8 Å². The van der Waals surface area contributed by atoms with Gasteiger partial charge in [0.1, 0.15) is 17.3 Å². The Kier molecular flexibility index (Phi) is 9.54. The number of aromatic amines is 1. The van der Waals surface area contributed by atoms with Gasteiger partial charge in [0.2, 0.25) is 5.88 Å². The van der Waals surface area contributed by atoms with Crippen LogP contribution in [-0.2, 0) is 24.0 Å². The smallest absolute Gasteiger partial charge is 0.413 e. The third kappa shape index (κ3) is 9.51. The number of alkyl carbamates (subject to hydrolysis) is 1. The molecule has 0 unspecified atom stereocenters. The third-order valence-corrected chi connectivity index (χ3v) is 5.28. The first-order valence-electron chi connectivity index (χ1n) is 12.4. The van der Waals surface area contributed by atoms with Crippen molar-refractivity contribution in [1.82, 2.24) is 20.3 Å². The molecule has 1 aromatic carbocycles. The number of benzene rings is 1. The predicted molar refractivity (Wildman–Crippen MR) is 144 cm³/mol. The highest BCUT2D eigenvalue weighted by molar-refractivity contribution is 5.95. The molecule has 3 aromatic rings. The summed E-state index contributed by atoms with van der Waals surface area (Å²) in [7, 11) is 0. The van der Waals surface area contributed by atoms with E-state index in [4.69, 9.17) is 9.47 Å². The number of carbonyl (C=O) groups is 1. The second-order valence-corrected chi connectivity index (χ2v) is 9.69. The van der Waals surface area contributed by atoms with E-state index in [1.165, 1.54) is 5.56 Å². The van der Waals surface area contributed by atoms with Crippen LogP contribution in [-0.4, -0.2) is 39.1 Å². The molecule has 0 saturated heterocycles. The molecule has 0 radical (unpaired) electrons. The predicted octanol–water partition coefficient (Wildman–Crippen LogP) is 4.84. The molecule has 0 fully saturated rings. The van der Waals surface area contributed by atoms with Crippen molar-refractivity contribution in [1.29, 1.82) is 0 Å². The average molecular weight is 506 g/mol. The van der Waals surface area contributed by atoms with Gasteiger partial charge in [-0.3, -0.25) is 10.1 Å². The SMILES string of the molecule is CC(=Nc1ccnc(OCCCc2nc(C)c(CCc3ccccc3)c(=O)[nH]2)c1)NC(=O)OC(C)(C)C. The van der Waals surface area contributed by atoms with Gasteiger partial charge in [0, 0.05) is 29.9 Å². The lowest BCUT2D eigenvalue weighted by molar-refractivity contribution is 0.0563. The number of pyridine rings is 1. The molecule has 0 spiro atoms. The van der Waals surface area contributed by atoms with Gasteiger partial charge in [-0.15, -0.1) is 0 Å². The Hall–Kier alpha value is -4.01. The molecule has 2 N–H and O–H groups in total. The lowest BCUT2D eigenvalue weighted by Gasteiger charge is -2.19. The fourth-order valence-corrected chi connectivity index (χ4v) is 3.63. The minimum absolute atomic E-state index is 0.0815. The van der Waals surface area contributed by atoms with Crippen LogP contribution in [0.25, 0.3) is 0 Å². The van der Waals surface area contributed by atoms with Crippen molar-refractivity contribution in [3.63, 3.8) is 0 Å². The van der Waals surface area contributed by atoms with Crippen molar-refractivity contribution in [2.75, 3.05) is 6.61 Å². The van der Waals surface area contributed by atoms with Gasteiger partial charge in [-0.1, -0.05) is 30.3 Å². The largest absolute Gasteiger partial charge is 0.478 e.